The van der Waals surface area contributed by atoms with Crippen molar-refractivity contribution in [1.82, 2.24) is 9.78 Å². The van der Waals surface area contributed by atoms with Crippen LogP contribution in [-0.4, -0.2) is 9.78 Å². The van der Waals surface area contributed by atoms with Gasteiger partial charge in [-0.05, 0) is 19.1 Å². The average molecular weight is 275 g/mol. The van der Waals surface area contributed by atoms with Crippen LogP contribution in [0.4, 0.5) is 13.2 Å². The molecule has 0 amide bonds. The van der Waals surface area contributed by atoms with Crippen LogP contribution in [0.2, 0.25) is 5.02 Å². The van der Waals surface area contributed by atoms with Crippen molar-refractivity contribution in [1.29, 1.82) is 0 Å². The van der Waals surface area contributed by atoms with Crippen LogP contribution in [0.15, 0.2) is 24.3 Å². The fourth-order valence-corrected chi connectivity index (χ4v) is 2.04. The number of aromatic nitrogens is 2. The molecule has 0 N–H and O–H groups in total. The van der Waals surface area contributed by atoms with Crippen LogP contribution in [0.3, 0.4) is 0 Å². The number of nitrogens with zero attached hydrogens (tertiary/aromatic N) is 2. The molecule has 0 radical (unpaired) electrons. The van der Waals surface area contributed by atoms with E-state index < -0.39 is 11.9 Å². The predicted molar refractivity (Wildman–Crippen MR) is 63.4 cm³/mol. The van der Waals surface area contributed by atoms with Gasteiger partial charge < -0.3 is 0 Å². The molecule has 0 unspecified atom stereocenters. The summed E-state index contributed by atoms with van der Waals surface area (Å²) in [7, 11) is 1.49. The SMILES string of the molecule is Cc1c(C(F)(F)F)nn(C)c1-c1ccc(Cl)cc1. The third-order valence-electron chi connectivity index (χ3n) is 2.67. The third kappa shape index (κ3) is 2.22. The molecule has 0 aliphatic carbocycles. The molecule has 1 aromatic carbocycles. The second-order valence-corrected chi connectivity index (χ2v) is 4.39. The lowest BCUT2D eigenvalue weighted by molar-refractivity contribution is -0.141. The zero-order valence-corrected chi connectivity index (χ0v) is 10.5. The van der Waals surface area contributed by atoms with Crippen molar-refractivity contribution in [3.63, 3.8) is 0 Å². The third-order valence-corrected chi connectivity index (χ3v) is 2.92. The Morgan fingerprint density at radius 1 is 1.17 bits per heavy atom. The van der Waals surface area contributed by atoms with E-state index in [1.165, 1.54) is 18.7 Å². The van der Waals surface area contributed by atoms with Gasteiger partial charge in [-0.25, -0.2) is 0 Å². The van der Waals surface area contributed by atoms with Gasteiger partial charge in [0.15, 0.2) is 5.69 Å². The highest BCUT2D eigenvalue weighted by molar-refractivity contribution is 6.30. The van der Waals surface area contributed by atoms with Crippen molar-refractivity contribution >= 4 is 11.6 Å². The average Bonchev–Trinajstić information content (AvgIpc) is 2.56. The summed E-state index contributed by atoms with van der Waals surface area (Å²) in [6, 6.07) is 6.62. The lowest BCUT2D eigenvalue weighted by Gasteiger charge is -2.05. The first-order chi connectivity index (χ1) is 8.30. The molecule has 18 heavy (non-hydrogen) atoms. The van der Waals surface area contributed by atoms with Gasteiger partial charge in [0.2, 0.25) is 0 Å². The second kappa shape index (κ2) is 4.31. The Balaban J connectivity index is 2.59. The summed E-state index contributed by atoms with van der Waals surface area (Å²) < 4.78 is 39.4. The van der Waals surface area contributed by atoms with Crippen LogP contribution in [0.1, 0.15) is 11.3 Å². The Bertz CT molecular complexity index is 570. The van der Waals surface area contributed by atoms with Crippen molar-refractivity contribution in [3.05, 3.63) is 40.5 Å². The van der Waals surface area contributed by atoms with Gasteiger partial charge in [-0.2, -0.15) is 18.3 Å². The van der Waals surface area contributed by atoms with Crippen LogP contribution >= 0.6 is 11.6 Å². The number of halogens is 4. The Morgan fingerprint density at radius 2 is 1.72 bits per heavy atom. The lowest BCUT2D eigenvalue weighted by atomic mass is 10.1. The van der Waals surface area contributed by atoms with Crippen molar-refractivity contribution in [2.24, 2.45) is 7.05 Å². The Hall–Kier alpha value is -1.49. The van der Waals surface area contributed by atoms with Gasteiger partial charge in [0.25, 0.3) is 0 Å². The van der Waals surface area contributed by atoms with Crippen LogP contribution in [0.25, 0.3) is 11.3 Å². The lowest BCUT2D eigenvalue weighted by Crippen LogP contribution is -2.08. The Labute approximate surface area is 107 Å². The van der Waals surface area contributed by atoms with Crippen molar-refractivity contribution in [2.75, 3.05) is 0 Å². The molecule has 0 saturated carbocycles. The topological polar surface area (TPSA) is 17.8 Å². The maximum Gasteiger partial charge on any atom is 0.435 e. The minimum atomic E-state index is -4.44. The number of rotatable bonds is 1. The largest absolute Gasteiger partial charge is 0.435 e. The molecule has 2 nitrogen and oxygen atoms in total. The summed E-state index contributed by atoms with van der Waals surface area (Å²) in [5.74, 6) is 0. The summed E-state index contributed by atoms with van der Waals surface area (Å²) in [5, 5.41) is 4.08. The molecule has 1 aromatic heterocycles. The number of hydrogen-bond acceptors (Lipinski definition) is 1. The monoisotopic (exact) mass is 274 g/mol. The molecular formula is C12H10ClF3N2. The van der Waals surface area contributed by atoms with Gasteiger partial charge in [0.05, 0.1) is 5.69 Å². The van der Waals surface area contributed by atoms with Crippen LogP contribution in [0.5, 0.6) is 0 Å². The second-order valence-electron chi connectivity index (χ2n) is 3.95. The van der Waals surface area contributed by atoms with E-state index in [9.17, 15) is 13.2 Å². The Kier molecular flexibility index (Phi) is 3.11. The molecule has 0 spiro atoms. The van der Waals surface area contributed by atoms with Gasteiger partial charge in [-0.3, -0.25) is 4.68 Å². The molecule has 2 rings (SSSR count). The highest BCUT2D eigenvalue weighted by Crippen LogP contribution is 2.35. The van der Waals surface area contributed by atoms with Crippen LogP contribution in [-0.2, 0) is 13.2 Å². The molecule has 6 heteroatoms. The summed E-state index contributed by atoms with van der Waals surface area (Å²) >= 11 is 5.75. The number of alkyl halides is 3. The Morgan fingerprint density at radius 3 is 2.17 bits per heavy atom. The van der Waals surface area contributed by atoms with E-state index in [0.717, 1.165) is 0 Å². The molecule has 0 saturated heterocycles. The molecule has 0 bridgehead atoms. The van der Waals surface area contributed by atoms with E-state index in [-0.39, 0.29) is 5.56 Å². The van der Waals surface area contributed by atoms with Crippen molar-refractivity contribution < 1.29 is 13.2 Å². The van der Waals surface area contributed by atoms with E-state index >= 15 is 0 Å². The van der Waals surface area contributed by atoms with Gasteiger partial charge in [-0.15, -0.1) is 0 Å². The highest BCUT2D eigenvalue weighted by Gasteiger charge is 2.37. The normalized spacial score (nSPS) is 11.9. The van der Waals surface area contributed by atoms with Gasteiger partial charge >= 0.3 is 6.18 Å². The number of hydrogen-bond donors (Lipinski definition) is 0. The number of aryl methyl sites for hydroxylation is 1. The van der Waals surface area contributed by atoms with E-state index in [0.29, 0.717) is 16.3 Å². The molecule has 0 fully saturated rings. The quantitative estimate of drug-likeness (QED) is 0.766. The van der Waals surface area contributed by atoms with Gasteiger partial charge in [0.1, 0.15) is 0 Å². The maximum atomic E-state index is 12.7. The predicted octanol–water partition coefficient (Wildman–Crippen LogP) is 4.07. The maximum absolute atomic E-state index is 12.7. The first-order valence-corrected chi connectivity index (χ1v) is 5.55. The van der Waals surface area contributed by atoms with Crippen LogP contribution in [0, 0.1) is 6.92 Å². The van der Waals surface area contributed by atoms with E-state index in [1.54, 1.807) is 24.3 Å². The molecule has 1 heterocycles. The molecule has 96 valence electrons. The minimum absolute atomic E-state index is 0.118. The standard InChI is InChI=1S/C12H10ClF3N2/c1-7-10(8-3-5-9(13)6-4-8)18(2)17-11(7)12(14,15)16/h3-6H,1-2H3. The van der Waals surface area contributed by atoms with Gasteiger partial charge in [-0.1, -0.05) is 23.7 Å². The van der Waals surface area contributed by atoms with E-state index in [1.807, 2.05) is 0 Å². The first kappa shape index (κ1) is 13.0. The summed E-state index contributed by atoms with van der Waals surface area (Å²) in [5.41, 5.74) is 0.365. The summed E-state index contributed by atoms with van der Waals surface area (Å²) in [6.07, 6.45) is -4.44. The van der Waals surface area contributed by atoms with Crippen molar-refractivity contribution in [3.8, 4) is 11.3 Å². The first-order valence-electron chi connectivity index (χ1n) is 5.17. The fourth-order valence-electron chi connectivity index (χ4n) is 1.91. The zero-order valence-electron chi connectivity index (χ0n) is 9.72. The molecule has 2 aromatic rings. The van der Waals surface area contributed by atoms with E-state index in [2.05, 4.69) is 5.10 Å². The van der Waals surface area contributed by atoms with Crippen molar-refractivity contribution in [2.45, 2.75) is 13.1 Å². The zero-order chi connectivity index (χ0) is 13.5. The highest BCUT2D eigenvalue weighted by atomic mass is 35.5. The molecular weight excluding hydrogens is 265 g/mol. The molecule has 0 aliphatic heterocycles. The molecule has 0 aliphatic rings. The number of benzene rings is 1. The smallest absolute Gasteiger partial charge is 0.267 e. The summed E-state index contributed by atoms with van der Waals surface area (Å²) in [6.45, 7) is 1.42. The van der Waals surface area contributed by atoms with E-state index in [4.69, 9.17) is 11.6 Å². The van der Waals surface area contributed by atoms with Gasteiger partial charge in [0, 0.05) is 23.2 Å². The fraction of sp³-hybridized carbons (Fsp3) is 0.250. The van der Waals surface area contributed by atoms with Crippen LogP contribution < -0.4 is 0 Å². The minimum Gasteiger partial charge on any atom is -0.267 e. The summed E-state index contributed by atoms with van der Waals surface area (Å²) in [4.78, 5) is 0. The molecule has 0 atom stereocenters.